The van der Waals surface area contributed by atoms with E-state index in [1.165, 1.54) is 18.3 Å². The minimum Gasteiger partial charge on any atom is -0.375 e. The summed E-state index contributed by atoms with van der Waals surface area (Å²) in [6.07, 6.45) is 0. The first-order valence-electron chi connectivity index (χ1n) is 3.31. The maximum Gasteiger partial charge on any atom is 0.180 e. The molecule has 0 saturated heterocycles. The molecule has 0 bridgehead atoms. The predicted molar refractivity (Wildman–Crippen MR) is 48.4 cm³/mol. The third-order valence-corrected chi connectivity index (χ3v) is 2.28. The highest BCUT2D eigenvalue weighted by molar-refractivity contribution is 7.13. The lowest BCUT2D eigenvalue weighted by Gasteiger charge is -2.17. The highest BCUT2D eigenvalue weighted by Gasteiger charge is 2.29. The van der Waals surface area contributed by atoms with Gasteiger partial charge < -0.3 is 11.5 Å². The van der Waals surface area contributed by atoms with Crippen LogP contribution in [0.3, 0.4) is 0 Å². The lowest BCUT2D eigenvalue weighted by Crippen LogP contribution is -2.40. The SMILES string of the molecule is [CH2]C(N)(C(C)=O)c1csc(N)n1. The van der Waals surface area contributed by atoms with E-state index in [0.717, 1.165) is 0 Å². The van der Waals surface area contributed by atoms with Crippen molar-refractivity contribution in [3.8, 4) is 0 Å². The minimum atomic E-state index is -1.26. The minimum absolute atomic E-state index is 0.229. The Kier molecular flexibility index (Phi) is 2.16. The van der Waals surface area contributed by atoms with Crippen LogP contribution < -0.4 is 11.5 Å². The van der Waals surface area contributed by atoms with Crippen molar-refractivity contribution in [3.63, 3.8) is 0 Å². The summed E-state index contributed by atoms with van der Waals surface area (Å²) >= 11 is 1.24. The molecule has 1 rings (SSSR count). The van der Waals surface area contributed by atoms with Gasteiger partial charge in [0.2, 0.25) is 0 Å². The number of nitrogen functional groups attached to an aromatic ring is 1. The van der Waals surface area contributed by atoms with Crippen molar-refractivity contribution in [3.05, 3.63) is 18.0 Å². The maximum absolute atomic E-state index is 11.0. The van der Waals surface area contributed by atoms with Gasteiger partial charge in [-0.1, -0.05) is 0 Å². The van der Waals surface area contributed by atoms with Gasteiger partial charge in [0.25, 0.3) is 0 Å². The number of aromatic nitrogens is 1. The van der Waals surface area contributed by atoms with Crippen molar-refractivity contribution < 1.29 is 4.79 Å². The van der Waals surface area contributed by atoms with E-state index < -0.39 is 5.54 Å². The average Bonchev–Trinajstić information content (AvgIpc) is 2.35. The fourth-order valence-corrected chi connectivity index (χ4v) is 1.32. The molecule has 0 spiro atoms. The topological polar surface area (TPSA) is 82.0 Å². The molecule has 0 saturated carbocycles. The summed E-state index contributed by atoms with van der Waals surface area (Å²) in [7, 11) is 0. The molecule has 1 aromatic rings. The summed E-state index contributed by atoms with van der Waals surface area (Å²) in [4.78, 5) is 14.9. The number of thiazole rings is 1. The molecular weight excluding hydrogens is 174 g/mol. The molecule has 0 aromatic carbocycles. The van der Waals surface area contributed by atoms with Gasteiger partial charge >= 0.3 is 0 Å². The van der Waals surface area contributed by atoms with E-state index in [-0.39, 0.29) is 5.78 Å². The lowest BCUT2D eigenvalue weighted by molar-refractivity contribution is -0.120. The van der Waals surface area contributed by atoms with Gasteiger partial charge in [-0.05, 0) is 13.8 Å². The molecule has 1 radical (unpaired) electrons. The van der Waals surface area contributed by atoms with E-state index in [1.54, 1.807) is 5.38 Å². The summed E-state index contributed by atoms with van der Waals surface area (Å²) in [6, 6.07) is 0. The first kappa shape index (κ1) is 9.15. The fraction of sp³-hybridized carbons (Fsp3) is 0.286. The van der Waals surface area contributed by atoms with Crippen LogP contribution in [-0.2, 0) is 10.3 Å². The van der Waals surface area contributed by atoms with Gasteiger partial charge in [0.15, 0.2) is 10.9 Å². The molecule has 0 aliphatic rings. The third-order valence-electron chi connectivity index (χ3n) is 1.61. The number of nitrogens with two attached hydrogens (primary N) is 2. The van der Waals surface area contributed by atoms with Gasteiger partial charge in [0.05, 0.1) is 5.69 Å². The number of anilines is 1. The Hall–Kier alpha value is -0.940. The number of carbonyl (C=O) groups excluding carboxylic acids is 1. The van der Waals surface area contributed by atoms with Crippen molar-refractivity contribution in [2.24, 2.45) is 5.73 Å². The quantitative estimate of drug-likeness (QED) is 0.692. The molecular formula is C7H10N3OS. The smallest absolute Gasteiger partial charge is 0.180 e. The van der Waals surface area contributed by atoms with Crippen LogP contribution in [0.25, 0.3) is 0 Å². The Morgan fingerprint density at radius 1 is 1.83 bits per heavy atom. The Labute approximate surface area is 74.6 Å². The van der Waals surface area contributed by atoms with E-state index in [9.17, 15) is 4.79 Å². The Morgan fingerprint density at radius 3 is 2.75 bits per heavy atom. The second-order valence-electron chi connectivity index (χ2n) is 2.60. The van der Waals surface area contributed by atoms with Gasteiger partial charge in [-0.3, -0.25) is 4.79 Å². The molecule has 4 N–H and O–H groups in total. The second-order valence-corrected chi connectivity index (χ2v) is 3.49. The van der Waals surface area contributed by atoms with Crippen LogP contribution in [0, 0.1) is 6.92 Å². The average molecular weight is 184 g/mol. The number of ketones is 1. The normalized spacial score (nSPS) is 15.6. The van der Waals surface area contributed by atoms with Crippen LogP contribution in [0.1, 0.15) is 12.6 Å². The monoisotopic (exact) mass is 184 g/mol. The molecule has 12 heavy (non-hydrogen) atoms. The van der Waals surface area contributed by atoms with Crippen molar-refractivity contribution in [2.75, 3.05) is 5.73 Å². The number of hydrogen-bond donors (Lipinski definition) is 2. The van der Waals surface area contributed by atoms with E-state index in [4.69, 9.17) is 11.5 Å². The Bertz CT molecular complexity index is 305. The van der Waals surface area contributed by atoms with Crippen molar-refractivity contribution in [1.82, 2.24) is 4.98 Å². The molecule has 0 aliphatic carbocycles. The van der Waals surface area contributed by atoms with Gasteiger partial charge in [0.1, 0.15) is 5.54 Å². The molecule has 0 aliphatic heterocycles. The summed E-state index contributed by atoms with van der Waals surface area (Å²) in [5.74, 6) is -0.229. The predicted octanol–water partition coefficient (Wildman–Crippen LogP) is 0.302. The largest absolute Gasteiger partial charge is 0.375 e. The number of Topliss-reactive ketones (excluding diaryl/α,β-unsaturated/α-hetero) is 1. The number of nitrogens with zero attached hydrogens (tertiary/aromatic N) is 1. The zero-order chi connectivity index (χ0) is 9.35. The van der Waals surface area contributed by atoms with Crippen molar-refractivity contribution >= 4 is 22.3 Å². The van der Waals surface area contributed by atoms with Gasteiger partial charge in [0, 0.05) is 5.38 Å². The molecule has 65 valence electrons. The Balaban J connectivity index is 3.05. The number of carbonyl (C=O) groups is 1. The van der Waals surface area contributed by atoms with E-state index >= 15 is 0 Å². The molecule has 1 unspecified atom stereocenters. The van der Waals surface area contributed by atoms with E-state index in [2.05, 4.69) is 11.9 Å². The summed E-state index contributed by atoms with van der Waals surface area (Å²) in [6.45, 7) is 4.95. The van der Waals surface area contributed by atoms with Gasteiger partial charge in [-0.15, -0.1) is 11.3 Å². The molecule has 0 amide bonds. The first-order chi connectivity index (χ1) is 5.44. The van der Waals surface area contributed by atoms with Crippen molar-refractivity contribution in [1.29, 1.82) is 0 Å². The zero-order valence-corrected chi connectivity index (χ0v) is 7.52. The summed E-state index contributed by atoms with van der Waals surface area (Å²) in [5, 5.41) is 2.04. The highest BCUT2D eigenvalue weighted by atomic mass is 32.1. The molecule has 4 nitrogen and oxygen atoms in total. The van der Waals surface area contributed by atoms with Crippen LogP contribution in [0.4, 0.5) is 5.13 Å². The van der Waals surface area contributed by atoms with Gasteiger partial charge in [-0.25, -0.2) is 4.98 Å². The summed E-state index contributed by atoms with van der Waals surface area (Å²) in [5.41, 5.74) is 10.2. The van der Waals surface area contributed by atoms with Crippen LogP contribution in [0.15, 0.2) is 5.38 Å². The first-order valence-corrected chi connectivity index (χ1v) is 4.19. The third kappa shape index (κ3) is 1.46. The number of rotatable bonds is 2. The molecule has 0 fully saturated rings. The zero-order valence-electron chi connectivity index (χ0n) is 6.70. The summed E-state index contributed by atoms with van der Waals surface area (Å²) < 4.78 is 0. The van der Waals surface area contributed by atoms with Crippen LogP contribution in [-0.4, -0.2) is 10.8 Å². The molecule has 5 heteroatoms. The standard InChI is InChI=1S/C7H10N3OS/c1-4(11)7(2,9)5-3-12-6(8)10-5/h3H,2,9H2,1H3,(H2,8,10). The van der Waals surface area contributed by atoms with E-state index in [0.29, 0.717) is 10.8 Å². The molecule has 1 aromatic heterocycles. The second kappa shape index (κ2) is 2.84. The maximum atomic E-state index is 11.0. The van der Waals surface area contributed by atoms with Gasteiger partial charge in [-0.2, -0.15) is 0 Å². The van der Waals surface area contributed by atoms with Crippen LogP contribution in [0.5, 0.6) is 0 Å². The number of hydrogen-bond acceptors (Lipinski definition) is 5. The van der Waals surface area contributed by atoms with Crippen LogP contribution in [0.2, 0.25) is 0 Å². The Morgan fingerprint density at radius 2 is 2.42 bits per heavy atom. The lowest BCUT2D eigenvalue weighted by atomic mass is 9.96. The van der Waals surface area contributed by atoms with Crippen molar-refractivity contribution in [2.45, 2.75) is 12.5 Å². The molecule has 1 heterocycles. The van der Waals surface area contributed by atoms with Crippen LogP contribution >= 0.6 is 11.3 Å². The fourth-order valence-electron chi connectivity index (χ4n) is 0.673. The van der Waals surface area contributed by atoms with E-state index in [1.807, 2.05) is 0 Å². The highest BCUT2D eigenvalue weighted by Crippen LogP contribution is 2.21. The molecule has 1 atom stereocenters.